The van der Waals surface area contributed by atoms with Gasteiger partial charge in [-0.2, -0.15) is 0 Å². The fourth-order valence-electron chi connectivity index (χ4n) is 3.20. The summed E-state index contributed by atoms with van der Waals surface area (Å²) in [6.07, 6.45) is 19.6. The fourth-order valence-corrected chi connectivity index (χ4v) is 3.89. The van der Waals surface area contributed by atoms with Crippen molar-refractivity contribution in [1.82, 2.24) is 0 Å². The Hall–Kier alpha value is -0.320. The third-order valence-electron chi connectivity index (χ3n) is 5.13. The molecule has 0 aliphatic heterocycles. The monoisotopic (exact) mass is 403 g/mol. The molecule has 0 amide bonds. The van der Waals surface area contributed by atoms with Gasteiger partial charge in [-0.05, 0) is 32.1 Å². The van der Waals surface area contributed by atoms with Crippen molar-refractivity contribution in [1.29, 1.82) is 0 Å². The molecule has 0 fully saturated rings. The highest BCUT2D eigenvalue weighted by molar-refractivity contribution is 7.38. The summed E-state index contributed by atoms with van der Waals surface area (Å²) in [6, 6.07) is 0. The van der Waals surface area contributed by atoms with E-state index in [4.69, 9.17) is 5.73 Å². The number of rotatable bonds is 19. The van der Waals surface area contributed by atoms with Gasteiger partial charge >= 0.3 is 8.03 Å². The van der Waals surface area contributed by atoms with E-state index in [2.05, 4.69) is 19.1 Å². The minimum Gasteiger partial charge on any atom is -0.593 e. The topological polar surface area (TPSA) is 107 Å². The number of aliphatic hydroxyl groups is 2. The molecule has 160 valence electrons. The van der Waals surface area contributed by atoms with E-state index in [-0.39, 0.29) is 13.0 Å². The standard InChI is InChI=1S/C21H42NO4P/c1-2-3-4-5-6-7-8-9-10-11-12-13-14-15-16-17-18-21(24,27(25)26)20(23)19-22/h9-10,20,23-24H,2-8,11-19,22H2,1H3. The van der Waals surface area contributed by atoms with Crippen LogP contribution >= 0.6 is 8.03 Å². The molecule has 0 aliphatic carbocycles. The Kier molecular flexibility index (Phi) is 17.5. The molecule has 0 bridgehead atoms. The first-order chi connectivity index (χ1) is 13.0. The van der Waals surface area contributed by atoms with Crippen LogP contribution in [0.3, 0.4) is 0 Å². The SMILES string of the molecule is CCCCCCCCC=CCCCCCCCCC(O)(C(O)CN)[P+](=O)[O-]. The lowest BCUT2D eigenvalue weighted by Crippen LogP contribution is -2.45. The maximum Gasteiger partial charge on any atom is 0.347 e. The van der Waals surface area contributed by atoms with Crippen LogP contribution in [0, 0.1) is 0 Å². The van der Waals surface area contributed by atoms with E-state index in [1.165, 1.54) is 57.8 Å². The van der Waals surface area contributed by atoms with E-state index in [0.717, 1.165) is 25.7 Å². The van der Waals surface area contributed by atoms with Crippen molar-refractivity contribution in [3.8, 4) is 0 Å². The Labute approximate surface area is 167 Å². The highest BCUT2D eigenvalue weighted by atomic mass is 31.1. The first-order valence-electron chi connectivity index (χ1n) is 10.9. The summed E-state index contributed by atoms with van der Waals surface area (Å²) in [5.74, 6) is 0. The van der Waals surface area contributed by atoms with Crippen LogP contribution in [0.1, 0.15) is 103 Å². The normalized spacial score (nSPS) is 15.8. The first-order valence-corrected chi connectivity index (χ1v) is 12.1. The average molecular weight is 404 g/mol. The van der Waals surface area contributed by atoms with Crippen molar-refractivity contribution in [3.05, 3.63) is 12.2 Å². The molecule has 0 aromatic rings. The van der Waals surface area contributed by atoms with E-state index in [1.54, 1.807) is 0 Å². The highest BCUT2D eigenvalue weighted by Crippen LogP contribution is 2.37. The molecule has 6 heteroatoms. The van der Waals surface area contributed by atoms with Gasteiger partial charge in [0.15, 0.2) is 0 Å². The second-order valence-corrected chi connectivity index (χ2v) is 8.86. The molecule has 0 aromatic carbocycles. The van der Waals surface area contributed by atoms with Gasteiger partial charge in [-0.1, -0.05) is 81.4 Å². The molecule has 27 heavy (non-hydrogen) atoms. The van der Waals surface area contributed by atoms with E-state index >= 15 is 0 Å². The highest BCUT2D eigenvalue weighted by Gasteiger charge is 2.47. The first kappa shape index (κ1) is 26.7. The van der Waals surface area contributed by atoms with Gasteiger partial charge in [0.1, 0.15) is 6.10 Å². The summed E-state index contributed by atoms with van der Waals surface area (Å²) in [6.45, 7) is 1.99. The van der Waals surface area contributed by atoms with Crippen LogP contribution in [0.4, 0.5) is 0 Å². The number of hydrogen-bond acceptors (Lipinski definition) is 5. The van der Waals surface area contributed by atoms with Crippen LogP contribution in [0.2, 0.25) is 0 Å². The quantitative estimate of drug-likeness (QED) is 0.167. The van der Waals surface area contributed by atoms with Crippen molar-refractivity contribution < 1.29 is 19.7 Å². The van der Waals surface area contributed by atoms with Crippen molar-refractivity contribution in [2.75, 3.05) is 6.54 Å². The molecule has 5 nitrogen and oxygen atoms in total. The fraction of sp³-hybridized carbons (Fsp3) is 0.905. The smallest absolute Gasteiger partial charge is 0.347 e. The van der Waals surface area contributed by atoms with Crippen molar-refractivity contribution >= 4 is 8.03 Å². The summed E-state index contributed by atoms with van der Waals surface area (Å²) in [5, 5.41) is 17.6. The van der Waals surface area contributed by atoms with Gasteiger partial charge in [-0.3, -0.25) is 0 Å². The van der Waals surface area contributed by atoms with Gasteiger partial charge in [0.05, 0.1) is 0 Å². The summed E-state index contributed by atoms with van der Waals surface area (Å²) in [5.41, 5.74) is 5.27. The van der Waals surface area contributed by atoms with Crippen LogP contribution in [-0.4, -0.2) is 28.2 Å². The van der Waals surface area contributed by atoms with Crippen LogP contribution in [0.25, 0.3) is 0 Å². The van der Waals surface area contributed by atoms with E-state index < -0.39 is 19.5 Å². The third-order valence-corrected chi connectivity index (χ3v) is 6.28. The zero-order valence-corrected chi connectivity index (χ0v) is 18.2. The number of hydrogen-bond donors (Lipinski definition) is 3. The van der Waals surface area contributed by atoms with Gasteiger partial charge in [0, 0.05) is 13.0 Å². The predicted octanol–water partition coefficient (Wildman–Crippen LogP) is 4.52. The lowest BCUT2D eigenvalue weighted by atomic mass is 10.0. The lowest BCUT2D eigenvalue weighted by Gasteiger charge is -2.23. The Bertz CT molecular complexity index is 392. The second-order valence-electron chi connectivity index (χ2n) is 7.58. The maximum absolute atomic E-state index is 11.2. The van der Waals surface area contributed by atoms with E-state index in [9.17, 15) is 19.7 Å². The Morgan fingerprint density at radius 2 is 1.37 bits per heavy atom. The van der Waals surface area contributed by atoms with Crippen LogP contribution in [-0.2, 0) is 4.57 Å². The Morgan fingerprint density at radius 1 is 0.926 bits per heavy atom. The minimum absolute atomic E-state index is 0.0469. The molecular weight excluding hydrogens is 361 g/mol. The molecule has 0 radical (unpaired) electrons. The van der Waals surface area contributed by atoms with Gasteiger partial charge in [0.2, 0.25) is 0 Å². The molecule has 0 aliphatic rings. The molecule has 0 spiro atoms. The van der Waals surface area contributed by atoms with Crippen molar-refractivity contribution in [2.45, 2.75) is 115 Å². The van der Waals surface area contributed by atoms with E-state index in [1.807, 2.05) is 0 Å². The zero-order valence-electron chi connectivity index (χ0n) is 17.3. The largest absolute Gasteiger partial charge is 0.593 e. The molecule has 3 unspecified atom stereocenters. The lowest BCUT2D eigenvalue weighted by molar-refractivity contribution is -0.187. The average Bonchev–Trinajstić information content (AvgIpc) is 2.66. The van der Waals surface area contributed by atoms with Crippen molar-refractivity contribution in [3.63, 3.8) is 0 Å². The molecule has 3 atom stereocenters. The number of nitrogens with two attached hydrogens (primary N) is 1. The Morgan fingerprint density at radius 3 is 1.81 bits per heavy atom. The van der Waals surface area contributed by atoms with Gasteiger partial charge in [-0.15, -0.1) is 0 Å². The van der Waals surface area contributed by atoms with Gasteiger partial charge in [0.25, 0.3) is 5.34 Å². The number of unbranched alkanes of at least 4 members (excludes halogenated alkanes) is 12. The van der Waals surface area contributed by atoms with E-state index in [0.29, 0.717) is 6.42 Å². The summed E-state index contributed by atoms with van der Waals surface area (Å²) in [4.78, 5) is 11.2. The Balaban J connectivity index is 3.52. The number of aliphatic hydroxyl groups excluding tert-OH is 1. The molecule has 0 aromatic heterocycles. The van der Waals surface area contributed by atoms with Crippen LogP contribution < -0.4 is 10.6 Å². The summed E-state index contributed by atoms with van der Waals surface area (Å²) in [7, 11) is -3.12. The summed E-state index contributed by atoms with van der Waals surface area (Å²) < 4.78 is 11.2. The molecule has 0 heterocycles. The molecule has 0 saturated carbocycles. The molecule has 0 rings (SSSR count). The molecular formula is C21H42NO4P. The number of allylic oxidation sites excluding steroid dienone is 2. The zero-order chi connectivity index (χ0) is 20.4. The third kappa shape index (κ3) is 13.5. The van der Waals surface area contributed by atoms with Crippen LogP contribution in [0.15, 0.2) is 12.2 Å². The second kappa shape index (κ2) is 17.8. The van der Waals surface area contributed by atoms with Crippen molar-refractivity contribution in [2.24, 2.45) is 5.73 Å². The summed E-state index contributed by atoms with van der Waals surface area (Å²) >= 11 is 0. The predicted molar refractivity (Wildman–Crippen MR) is 112 cm³/mol. The molecule has 0 saturated heterocycles. The van der Waals surface area contributed by atoms with Gasteiger partial charge < -0.3 is 20.8 Å². The maximum atomic E-state index is 11.2. The minimum atomic E-state index is -3.12. The van der Waals surface area contributed by atoms with Crippen LogP contribution in [0.5, 0.6) is 0 Å². The molecule has 4 N–H and O–H groups in total. The van der Waals surface area contributed by atoms with Gasteiger partial charge in [-0.25, -0.2) is 0 Å².